The number of carbonyl (C=O) groups excluding carboxylic acids is 3. The zero-order valence-corrected chi connectivity index (χ0v) is 23.0. The molecule has 0 fully saturated rings. The summed E-state index contributed by atoms with van der Waals surface area (Å²) >= 11 is 13.0. The van der Waals surface area contributed by atoms with Crippen LogP contribution >= 0.6 is 34.5 Å². The van der Waals surface area contributed by atoms with E-state index in [-0.39, 0.29) is 10.8 Å². The number of thiophene rings is 1. The molecule has 0 atom stereocenters. The summed E-state index contributed by atoms with van der Waals surface area (Å²) in [4.78, 5) is 38.8. The molecule has 2 aromatic carbocycles. The molecule has 0 saturated carbocycles. The predicted molar refractivity (Wildman–Crippen MR) is 147 cm³/mol. The van der Waals surface area contributed by atoms with Gasteiger partial charge in [-0.05, 0) is 79.8 Å². The largest absolute Gasteiger partial charge is 0.455 e. The highest BCUT2D eigenvalue weighted by molar-refractivity contribution is 7.89. The van der Waals surface area contributed by atoms with Crippen molar-refractivity contribution >= 4 is 73.0 Å². The van der Waals surface area contributed by atoms with Gasteiger partial charge in [0.1, 0.15) is 11.5 Å². The van der Waals surface area contributed by atoms with Crippen LogP contribution in [0.2, 0.25) is 10.0 Å². The van der Waals surface area contributed by atoms with Crippen molar-refractivity contribution in [2.45, 2.75) is 30.6 Å². The first kappa shape index (κ1) is 28.1. The van der Waals surface area contributed by atoms with E-state index >= 15 is 0 Å². The first-order chi connectivity index (χ1) is 18.1. The second kappa shape index (κ2) is 12.3. The fourth-order valence-corrected chi connectivity index (χ4v) is 6.36. The third-order valence-corrected chi connectivity index (χ3v) is 8.78. The Hall–Kier alpha value is -2.96. The number of fused-ring (bicyclic) bond motifs is 1. The number of hydrogen-bond acceptors (Lipinski definition) is 7. The van der Waals surface area contributed by atoms with Gasteiger partial charge in [0.15, 0.2) is 6.61 Å². The Morgan fingerprint density at radius 1 is 0.895 bits per heavy atom. The Morgan fingerprint density at radius 3 is 2.21 bits per heavy atom. The number of amides is 2. The van der Waals surface area contributed by atoms with Gasteiger partial charge in [-0.3, -0.25) is 14.4 Å². The fourth-order valence-electron chi connectivity index (χ4n) is 3.83. The van der Waals surface area contributed by atoms with Crippen molar-refractivity contribution in [1.29, 1.82) is 0 Å². The maximum Gasteiger partial charge on any atom is 0.321 e. The molecule has 4 rings (SSSR count). The predicted octanol–water partition coefficient (Wildman–Crippen LogP) is 4.65. The summed E-state index contributed by atoms with van der Waals surface area (Å²) in [5, 5.41) is 6.78. The number of benzene rings is 2. The first-order valence-corrected chi connectivity index (χ1v) is 14.6. The van der Waals surface area contributed by atoms with Crippen LogP contribution < -0.4 is 15.4 Å². The molecule has 1 heterocycles. The summed E-state index contributed by atoms with van der Waals surface area (Å²) in [6, 6.07) is 12.1. The molecule has 1 aromatic heterocycles. The van der Waals surface area contributed by atoms with Crippen LogP contribution in [0.3, 0.4) is 0 Å². The summed E-state index contributed by atoms with van der Waals surface area (Å²) in [5.74, 6) is -1.96. The number of ether oxygens (including phenoxy) is 1. The maximum absolute atomic E-state index is 13.2. The Bertz CT molecular complexity index is 1460. The number of sulfonamides is 1. The third-order valence-electron chi connectivity index (χ3n) is 5.65. The zero-order valence-electron chi connectivity index (χ0n) is 19.9. The van der Waals surface area contributed by atoms with E-state index in [1.807, 2.05) is 0 Å². The number of carbonyl (C=O) groups is 3. The minimum atomic E-state index is -3.96. The van der Waals surface area contributed by atoms with Gasteiger partial charge < -0.3 is 15.4 Å². The van der Waals surface area contributed by atoms with E-state index in [1.165, 1.54) is 35.6 Å². The lowest BCUT2D eigenvalue weighted by Gasteiger charge is -2.13. The summed E-state index contributed by atoms with van der Waals surface area (Å²) in [5.41, 5.74) is 1.84. The maximum atomic E-state index is 13.2. The average Bonchev–Trinajstić information content (AvgIpc) is 3.25. The average molecular weight is 597 g/mol. The molecule has 38 heavy (non-hydrogen) atoms. The molecule has 0 unspecified atom stereocenters. The number of anilines is 2. The van der Waals surface area contributed by atoms with Crippen LogP contribution in [0.4, 0.5) is 10.7 Å². The summed E-state index contributed by atoms with van der Waals surface area (Å²) in [6.45, 7) is -1.32. The Morgan fingerprint density at radius 2 is 1.53 bits per heavy atom. The molecule has 0 radical (unpaired) electrons. The molecule has 3 N–H and O–H groups in total. The molecule has 0 spiro atoms. The smallest absolute Gasteiger partial charge is 0.321 e. The monoisotopic (exact) mass is 595 g/mol. The molecule has 0 bridgehead atoms. The minimum absolute atomic E-state index is 0.0708. The molecule has 0 saturated heterocycles. The highest BCUT2D eigenvalue weighted by Crippen LogP contribution is 2.38. The van der Waals surface area contributed by atoms with Crippen LogP contribution in [-0.4, -0.2) is 39.4 Å². The molecule has 200 valence electrons. The third kappa shape index (κ3) is 7.12. The Labute approximate surface area is 233 Å². The van der Waals surface area contributed by atoms with Crippen LogP contribution in [0.25, 0.3) is 0 Å². The van der Waals surface area contributed by atoms with Crippen molar-refractivity contribution < 1.29 is 27.5 Å². The van der Waals surface area contributed by atoms with Gasteiger partial charge in [0.05, 0.1) is 10.5 Å². The number of hydrogen-bond donors (Lipinski definition) is 3. The van der Waals surface area contributed by atoms with Crippen LogP contribution in [0.1, 0.15) is 33.6 Å². The molecule has 1 aliphatic carbocycles. The van der Waals surface area contributed by atoms with E-state index in [4.69, 9.17) is 27.9 Å². The topological polar surface area (TPSA) is 131 Å². The zero-order chi connectivity index (χ0) is 27.3. The standard InChI is InChI=1S/C25H23Cl2N3O6S2/c26-15-5-9-17(10-6-15)29-24(33)23-19-3-1-2-4-20(19)37-25(23)30-21(31)14-36-22(32)13-28-38(34,35)18-11-7-16(27)8-12-18/h5-12,28H,1-4,13-14H2,(H,29,33)(H,30,31). The number of aryl methyl sites for hydroxylation is 1. The van der Waals surface area contributed by atoms with Crippen molar-refractivity contribution in [1.82, 2.24) is 4.72 Å². The normalized spacial score (nSPS) is 12.9. The van der Waals surface area contributed by atoms with Gasteiger partial charge in [-0.25, -0.2) is 8.42 Å². The highest BCUT2D eigenvalue weighted by atomic mass is 35.5. The SMILES string of the molecule is O=C(COC(=O)CNS(=O)(=O)c1ccc(Cl)cc1)Nc1sc2c(c1C(=O)Nc1ccc(Cl)cc1)CCCC2. The quantitative estimate of drug-likeness (QED) is 0.309. The van der Waals surface area contributed by atoms with Gasteiger partial charge in [0.2, 0.25) is 10.0 Å². The molecular formula is C25H23Cl2N3O6S2. The van der Waals surface area contributed by atoms with Gasteiger partial charge in [-0.2, -0.15) is 4.72 Å². The molecule has 0 aliphatic heterocycles. The summed E-state index contributed by atoms with van der Waals surface area (Å²) in [7, 11) is -3.96. The number of rotatable bonds is 9. The van der Waals surface area contributed by atoms with Crippen LogP contribution in [0.15, 0.2) is 53.4 Å². The van der Waals surface area contributed by atoms with Crippen LogP contribution in [-0.2, 0) is 37.2 Å². The molecule has 2 amide bonds. The van der Waals surface area contributed by atoms with Crippen molar-refractivity contribution in [3.63, 3.8) is 0 Å². The number of halogens is 2. The van der Waals surface area contributed by atoms with Gasteiger partial charge >= 0.3 is 5.97 Å². The van der Waals surface area contributed by atoms with E-state index < -0.39 is 35.1 Å². The van der Waals surface area contributed by atoms with E-state index in [0.29, 0.717) is 32.7 Å². The fraction of sp³-hybridized carbons (Fsp3) is 0.240. The van der Waals surface area contributed by atoms with Crippen molar-refractivity contribution in [3.8, 4) is 0 Å². The van der Waals surface area contributed by atoms with Gasteiger partial charge in [-0.1, -0.05) is 23.2 Å². The first-order valence-electron chi connectivity index (χ1n) is 11.5. The molecule has 13 heteroatoms. The van der Waals surface area contributed by atoms with Gasteiger partial charge in [0, 0.05) is 20.6 Å². The van der Waals surface area contributed by atoms with E-state index in [1.54, 1.807) is 24.3 Å². The Kier molecular flexibility index (Phi) is 9.06. The van der Waals surface area contributed by atoms with Crippen molar-refractivity contribution in [2.24, 2.45) is 0 Å². The second-order valence-electron chi connectivity index (χ2n) is 8.36. The number of esters is 1. The van der Waals surface area contributed by atoms with Crippen LogP contribution in [0.5, 0.6) is 0 Å². The molecular weight excluding hydrogens is 573 g/mol. The number of nitrogens with one attached hydrogen (secondary N) is 3. The van der Waals surface area contributed by atoms with Crippen molar-refractivity contribution in [3.05, 3.63) is 74.6 Å². The lowest BCUT2D eigenvalue weighted by Crippen LogP contribution is -2.32. The van der Waals surface area contributed by atoms with E-state index in [9.17, 15) is 22.8 Å². The lowest BCUT2D eigenvalue weighted by atomic mass is 9.95. The van der Waals surface area contributed by atoms with E-state index in [2.05, 4.69) is 15.4 Å². The van der Waals surface area contributed by atoms with Crippen molar-refractivity contribution in [2.75, 3.05) is 23.8 Å². The molecule has 1 aliphatic rings. The molecule has 3 aromatic rings. The summed E-state index contributed by atoms with van der Waals surface area (Å²) in [6.07, 6.45) is 3.44. The van der Waals surface area contributed by atoms with Gasteiger partial charge in [0.25, 0.3) is 11.8 Å². The summed E-state index contributed by atoms with van der Waals surface area (Å²) < 4.78 is 31.6. The highest BCUT2D eigenvalue weighted by Gasteiger charge is 2.27. The van der Waals surface area contributed by atoms with Crippen LogP contribution in [0, 0.1) is 0 Å². The second-order valence-corrected chi connectivity index (χ2v) is 12.1. The van der Waals surface area contributed by atoms with E-state index in [0.717, 1.165) is 29.7 Å². The molecule has 9 nitrogen and oxygen atoms in total. The Balaban J connectivity index is 1.37. The van der Waals surface area contributed by atoms with Gasteiger partial charge in [-0.15, -0.1) is 11.3 Å². The minimum Gasteiger partial charge on any atom is -0.455 e. The lowest BCUT2D eigenvalue weighted by molar-refractivity contribution is -0.146.